The Labute approximate surface area is 67.0 Å². The SMILES string of the molecule is CC[N+]1(C)C=CC=C1.[Br-]. The molecule has 0 spiro atoms. The number of hydrogen-bond acceptors (Lipinski definition) is 0. The van der Waals surface area contributed by atoms with Crippen LogP contribution in [0.2, 0.25) is 0 Å². The smallest absolute Gasteiger partial charge is 0.100 e. The lowest BCUT2D eigenvalue weighted by Gasteiger charge is -2.20. The molecule has 9 heavy (non-hydrogen) atoms. The summed E-state index contributed by atoms with van der Waals surface area (Å²) in [4.78, 5) is 0. The molecule has 1 rings (SSSR count). The van der Waals surface area contributed by atoms with Crippen molar-refractivity contribution >= 4 is 0 Å². The highest BCUT2D eigenvalue weighted by Gasteiger charge is 2.13. The summed E-state index contributed by atoms with van der Waals surface area (Å²) < 4.78 is 0.958. The fourth-order valence-corrected chi connectivity index (χ4v) is 0.753. The Kier molecular flexibility index (Phi) is 3.15. The summed E-state index contributed by atoms with van der Waals surface area (Å²) in [6.07, 6.45) is 8.53. The largest absolute Gasteiger partial charge is 1.00 e. The van der Waals surface area contributed by atoms with E-state index in [-0.39, 0.29) is 17.0 Å². The van der Waals surface area contributed by atoms with Gasteiger partial charge in [-0.2, -0.15) is 0 Å². The van der Waals surface area contributed by atoms with Gasteiger partial charge in [0.15, 0.2) is 0 Å². The number of nitrogens with zero attached hydrogens (tertiary/aromatic N) is 1. The Morgan fingerprint density at radius 3 is 1.89 bits per heavy atom. The third-order valence-electron chi connectivity index (χ3n) is 1.65. The Morgan fingerprint density at radius 1 is 1.22 bits per heavy atom. The monoisotopic (exact) mass is 189 g/mol. The van der Waals surface area contributed by atoms with Crippen molar-refractivity contribution in [2.75, 3.05) is 13.6 Å². The Hall–Kier alpha value is -0.0800. The van der Waals surface area contributed by atoms with Crippen molar-refractivity contribution in [1.82, 2.24) is 0 Å². The first kappa shape index (κ1) is 8.92. The van der Waals surface area contributed by atoms with Gasteiger partial charge in [-0.25, -0.2) is 0 Å². The van der Waals surface area contributed by atoms with Crippen LogP contribution in [0.25, 0.3) is 0 Å². The molecule has 0 amide bonds. The number of quaternary nitrogens is 1. The molecule has 0 unspecified atom stereocenters. The third-order valence-corrected chi connectivity index (χ3v) is 1.65. The summed E-state index contributed by atoms with van der Waals surface area (Å²) in [5, 5.41) is 0. The zero-order chi connectivity index (χ0) is 6.04. The minimum atomic E-state index is 0. The molecule has 0 N–H and O–H groups in total. The normalized spacial score (nSPS) is 19.8. The summed E-state index contributed by atoms with van der Waals surface area (Å²) in [6, 6.07) is 0. The fourth-order valence-electron chi connectivity index (χ4n) is 0.753. The lowest BCUT2D eigenvalue weighted by Crippen LogP contribution is -3.00. The first-order valence-electron chi connectivity index (χ1n) is 2.99. The van der Waals surface area contributed by atoms with Crippen LogP contribution in [0.15, 0.2) is 24.6 Å². The van der Waals surface area contributed by atoms with E-state index in [1.54, 1.807) is 0 Å². The zero-order valence-corrected chi connectivity index (χ0v) is 7.43. The first-order chi connectivity index (χ1) is 3.77. The number of hydrogen-bond donors (Lipinski definition) is 0. The molecular formula is C7H12BrN. The van der Waals surface area contributed by atoms with E-state index in [4.69, 9.17) is 0 Å². The van der Waals surface area contributed by atoms with Crippen molar-refractivity contribution in [3.63, 3.8) is 0 Å². The molecule has 2 heteroatoms. The summed E-state index contributed by atoms with van der Waals surface area (Å²) >= 11 is 0. The molecule has 0 saturated carbocycles. The molecule has 0 aromatic rings. The molecule has 0 bridgehead atoms. The van der Waals surface area contributed by atoms with E-state index in [0.717, 1.165) is 11.0 Å². The Morgan fingerprint density at radius 2 is 1.67 bits per heavy atom. The fraction of sp³-hybridized carbons (Fsp3) is 0.429. The van der Waals surface area contributed by atoms with Crippen LogP contribution in [0.3, 0.4) is 0 Å². The molecule has 0 radical (unpaired) electrons. The maximum atomic E-state index is 2.18. The molecule has 0 saturated heterocycles. The highest BCUT2D eigenvalue weighted by atomic mass is 79.9. The van der Waals surface area contributed by atoms with Crippen molar-refractivity contribution in [2.24, 2.45) is 0 Å². The predicted octanol–water partition coefficient (Wildman–Crippen LogP) is -1.50. The summed E-state index contributed by atoms with van der Waals surface area (Å²) in [5.41, 5.74) is 0. The first-order valence-corrected chi connectivity index (χ1v) is 2.99. The van der Waals surface area contributed by atoms with Crippen molar-refractivity contribution in [3.8, 4) is 0 Å². The average Bonchev–Trinajstić information content (AvgIpc) is 2.17. The maximum Gasteiger partial charge on any atom is 0.100 e. The molecule has 1 aliphatic heterocycles. The van der Waals surface area contributed by atoms with Gasteiger partial charge in [0.25, 0.3) is 0 Å². The van der Waals surface area contributed by atoms with Crippen molar-refractivity contribution < 1.29 is 21.5 Å². The van der Waals surface area contributed by atoms with Gasteiger partial charge in [0.1, 0.15) is 12.4 Å². The lowest BCUT2D eigenvalue weighted by molar-refractivity contribution is -0.801. The summed E-state index contributed by atoms with van der Waals surface area (Å²) in [6.45, 7) is 3.33. The van der Waals surface area contributed by atoms with Crippen LogP contribution in [-0.2, 0) is 0 Å². The maximum absolute atomic E-state index is 2.18. The summed E-state index contributed by atoms with van der Waals surface area (Å²) in [7, 11) is 2.18. The number of rotatable bonds is 1. The van der Waals surface area contributed by atoms with Crippen LogP contribution < -0.4 is 17.0 Å². The molecule has 0 aromatic carbocycles. The van der Waals surface area contributed by atoms with E-state index in [2.05, 4.69) is 38.5 Å². The average molecular weight is 190 g/mol. The standard InChI is InChI=1S/C7H12N.BrH/c1-3-8(2)6-4-5-7-8;/h4-7H,3H2,1-2H3;1H/q+1;/p-1. The Balaban J connectivity index is 0.000000640. The van der Waals surface area contributed by atoms with Gasteiger partial charge in [-0.05, 0) is 19.1 Å². The van der Waals surface area contributed by atoms with Gasteiger partial charge < -0.3 is 17.0 Å². The minimum Gasteiger partial charge on any atom is -1.00 e. The molecule has 1 nitrogen and oxygen atoms in total. The topological polar surface area (TPSA) is 0 Å². The van der Waals surface area contributed by atoms with Gasteiger partial charge in [-0.3, -0.25) is 4.48 Å². The van der Waals surface area contributed by atoms with Crippen molar-refractivity contribution in [3.05, 3.63) is 24.6 Å². The highest BCUT2D eigenvalue weighted by Crippen LogP contribution is 2.09. The molecule has 1 aliphatic rings. The second-order valence-electron chi connectivity index (χ2n) is 2.35. The minimum absolute atomic E-state index is 0. The van der Waals surface area contributed by atoms with Crippen molar-refractivity contribution in [2.45, 2.75) is 6.92 Å². The third kappa shape index (κ3) is 1.95. The van der Waals surface area contributed by atoms with Gasteiger partial charge in [0.2, 0.25) is 0 Å². The van der Waals surface area contributed by atoms with Gasteiger partial charge in [-0.1, -0.05) is 0 Å². The van der Waals surface area contributed by atoms with Gasteiger partial charge >= 0.3 is 0 Å². The second kappa shape index (κ2) is 3.18. The van der Waals surface area contributed by atoms with E-state index in [9.17, 15) is 0 Å². The molecule has 0 aromatic heterocycles. The zero-order valence-electron chi connectivity index (χ0n) is 5.84. The number of halogens is 1. The van der Waals surface area contributed by atoms with Gasteiger partial charge in [0.05, 0.1) is 13.6 Å². The summed E-state index contributed by atoms with van der Waals surface area (Å²) in [5.74, 6) is 0. The lowest BCUT2D eigenvalue weighted by atomic mass is 10.5. The number of allylic oxidation sites excluding steroid dienone is 2. The molecule has 0 aliphatic carbocycles. The predicted molar refractivity (Wildman–Crippen MR) is 35.0 cm³/mol. The van der Waals surface area contributed by atoms with E-state index < -0.39 is 0 Å². The van der Waals surface area contributed by atoms with Gasteiger partial charge in [-0.15, -0.1) is 0 Å². The van der Waals surface area contributed by atoms with Crippen LogP contribution in [0.1, 0.15) is 6.92 Å². The second-order valence-corrected chi connectivity index (χ2v) is 2.35. The quantitative estimate of drug-likeness (QED) is 0.441. The van der Waals surface area contributed by atoms with Crippen molar-refractivity contribution in [1.29, 1.82) is 0 Å². The highest BCUT2D eigenvalue weighted by molar-refractivity contribution is 5.03. The van der Waals surface area contributed by atoms with E-state index in [1.165, 1.54) is 0 Å². The van der Waals surface area contributed by atoms with E-state index >= 15 is 0 Å². The van der Waals surface area contributed by atoms with Crippen LogP contribution in [0, 0.1) is 0 Å². The van der Waals surface area contributed by atoms with E-state index in [0.29, 0.717) is 0 Å². The van der Waals surface area contributed by atoms with E-state index in [1.807, 2.05) is 0 Å². The van der Waals surface area contributed by atoms with Crippen LogP contribution in [0.4, 0.5) is 0 Å². The van der Waals surface area contributed by atoms with Crippen LogP contribution >= 0.6 is 0 Å². The molecule has 0 fully saturated rings. The molecule has 52 valence electrons. The Bertz CT molecular complexity index is 126. The molecular weight excluding hydrogens is 178 g/mol. The molecule has 0 atom stereocenters. The van der Waals surface area contributed by atoms with Crippen LogP contribution in [-0.4, -0.2) is 18.1 Å². The molecule has 1 heterocycles. The van der Waals surface area contributed by atoms with Gasteiger partial charge in [0, 0.05) is 0 Å². The van der Waals surface area contributed by atoms with Crippen LogP contribution in [0.5, 0.6) is 0 Å².